The molecule has 1 aliphatic heterocycles. The highest BCUT2D eigenvalue weighted by molar-refractivity contribution is 7.98. The van der Waals surface area contributed by atoms with Crippen molar-refractivity contribution in [1.82, 2.24) is 5.32 Å². The molecular formula is C10H11NO2S. The van der Waals surface area contributed by atoms with Gasteiger partial charge in [0.25, 0.3) is 0 Å². The lowest BCUT2D eigenvalue weighted by Crippen LogP contribution is -2.18. The summed E-state index contributed by atoms with van der Waals surface area (Å²) in [5, 5.41) is 2.74. The number of thioether (sulfide) groups is 1. The maximum Gasteiger partial charge on any atom is 0.407 e. The third-order valence-electron chi connectivity index (χ3n) is 2.19. The Morgan fingerprint density at radius 3 is 2.64 bits per heavy atom. The van der Waals surface area contributed by atoms with Crippen LogP contribution in [0.5, 0.6) is 0 Å². The number of ether oxygens (including phenoxy) is 1. The molecule has 1 unspecified atom stereocenters. The van der Waals surface area contributed by atoms with Crippen LogP contribution in [0.1, 0.15) is 11.6 Å². The van der Waals surface area contributed by atoms with Gasteiger partial charge in [-0.15, -0.1) is 11.8 Å². The van der Waals surface area contributed by atoms with Gasteiger partial charge in [0.15, 0.2) is 0 Å². The number of amides is 1. The standard InChI is InChI=1S/C10H11NO2S/c1-14-8-4-2-7(3-5-8)9-6-13-10(12)11-9/h2-5,9H,6H2,1H3,(H,11,12). The molecule has 1 saturated heterocycles. The summed E-state index contributed by atoms with van der Waals surface area (Å²) < 4.78 is 4.82. The molecule has 2 rings (SSSR count). The van der Waals surface area contributed by atoms with Crippen LogP contribution in [0.15, 0.2) is 29.2 Å². The number of rotatable bonds is 2. The summed E-state index contributed by atoms with van der Waals surface area (Å²) in [5.74, 6) is 0. The van der Waals surface area contributed by atoms with Crippen LogP contribution in [0.2, 0.25) is 0 Å². The molecular weight excluding hydrogens is 198 g/mol. The maximum atomic E-state index is 10.8. The molecule has 1 heterocycles. The van der Waals surface area contributed by atoms with Crippen molar-refractivity contribution in [3.63, 3.8) is 0 Å². The predicted octanol–water partition coefficient (Wildman–Crippen LogP) is 2.19. The largest absolute Gasteiger partial charge is 0.447 e. The molecule has 0 aromatic heterocycles. The Bertz CT molecular complexity index is 336. The number of benzene rings is 1. The number of cyclic esters (lactones) is 1. The van der Waals surface area contributed by atoms with Crippen molar-refractivity contribution in [1.29, 1.82) is 0 Å². The first kappa shape index (κ1) is 9.40. The molecule has 1 fully saturated rings. The van der Waals surface area contributed by atoms with Crippen LogP contribution < -0.4 is 5.32 Å². The van der Waals surface area contributed by atoms with Crippen LogP contribution >= 0.6 is 11.8 Å². The molecule has 4 heteroatoms. The first-order valence-electron chi connectivity index (χ1n) is 4.37. The molecule has 1 amide bonds. The third kappa shape index (κ3) is 1.85. The van der Waals surface area contributed by atoms with E-state index in [0.717, 1.165) is 5.56 Å². The number of hydrogen-bond acceptors (Lipinski definition) is 3. The van der Waals surface area contributed by atoms with E-state index in [1.807, 2.05) is 30.5 Å². The first-order chi connectivity index (χ1) is 6.79. The van der Waals surface area contributed by atoms with Gasteiger partial charge < -0.3 is 10.1 Å². The SMILES string of the molecule is CSc1ccc(C2COC(=O)N2)cc1. The molecule has 0 bridgehead atoms. The number of hydrogen-bond donors (Lipinski definition) is 1. The van der Waals surface area contributed by atoms with Gasteiger partial charge in [0.05, 0.1) is 6.04 Å². The molecule has 1 aliphatic rings. The Kier molecular flexibility index (Phi) is 2.63. The van der Waals surface area contributed by atoms with Gasteiger partial charge in [-0.3, -0.25) is 0 Å². The Morgan fingerprint density at radius 1 is 1.43 bits per heavy atom. The van der Waals surface area contributed by atoms with Crippen molar-refractivity contribution in [2.75, 3.05) is 12.9 Å². The van der Waals surface area contributed by atoms with Gasteiger partial charge >= 0.3 is 6.09 Å². The highest BCUT2D eigenvalue weighted by Crippen LogP contribution is 2.21. The molecule has 74 valence electrons. The minimum Gasteiger partial charge on any atom is -0.447 e. The molecule has 0 saturated carbocycles. The second-order valence-electron chi connectivity index (χ2n) is 3.07. The van der Waals surface area contributed by atoms with E-state index in [-0.39, 0.29) is 12.1 Å². The second-order valence-corrected chi connectivity index (χ2v) is 3.95. The Labute approximate surface area is 86.8 Å². The number of carbonyl (C=O) groups is 1. The molecule has 0 aliphatic carbocycles. The van der Waals surface area contributed by atoms with E-state index in [9.17, 15) is 4.79 Å². The summed E-state index contributed by atoms with van der Waals surface area (Å²) in [4.78, 5) is 12.0. The summed E-state index contributed by atoms with van der Waals surface area (Å²) in [5.41, 5.74) is 1.09. The van der Waals surface area contributed by atoms with E-state index in [1.54, 1.807) is 11.8 Å². The highest BCUT2D eigenvalue weighted by atomic mass is 32.2. The summed E-state index contributed by atoms with van der Waals surface area (Å²) >= 11 is 1.70. The van der Waals surface area contributed by atoms with Gasteiger partial charge in [0.1, 0.15) is 6.61 Å². The van der Waals surface area contributed by atoms with Gasteiger partial charge in [-0.05, 0) is 24.0 Å². The second kappa shape index (κ2) is 3.92. The topological polar surface area (TPSA) is 38.3 Å². The van der Waals surface area contributed by atoms with Gasteiger partial charge in [-0.2, -0.15) is 0 Å². The minimum absolute atomic E-state index is 0.0124. The van der Waals surface area contributed by atoms with Crippen LogP contribution in [-0.2, 0) is 4.74 Å². The average molecular weight is 209 g/mol. The van der Waals surface area contributed by atoms with E-state index in [0.29, 0.717) is 6.61 Å². The molecule has 1 aromatic rings. The van der Waals surface area contributed by atoms with E-state index in [2.05, 4.69) is 5.32 Å². The van der Waals surface area contributed by atoms with Crippen LogP contribution in [-0.4, -0.2) is 19.0 Å². The van der Waals surface area contributed by atoms with Crippen molar-refractivity contribution in [2.45, 2.75) is 10.9 Å². The van der Waals surface area contributed by atoms with Crippen LogP contribution in [0.3, 0.4) is 0 Å². The molecule has 0 radical (unpaired) electrons. The van der Waals surface area contributed by atoms with E-state index >= 15 is 0 Å². The number of alkyl carbamates (subject to hydrolysis) is 1. The lowest BCUT2D eigenvalue weighted by atomic mass is 10.1. The minimum atomic E-state index is -0.330. The molecule has 1 atom stereocenters. The Balaban J connectivity index is 2.13. The van der Waals surface area contributed by atoms with Gasteiger partial charge in [-0.25, -0.2) is 4.79 Å². The van der Waals surface area contributed by atoms with Crippen LogP contribution in [0.4, 0.5) is 4.79 Å². The van der Waals surface area contributed by atoms with Crippen molar-refractivity contribution >= 4 is 17.9 Å². The fraction of sp³-hybridized carbons (Fsp3) is 0.300. The molecule has 1 N–H and O–H groups in total. The summed E-state index contributed by atoms with van der Waals surface area (Å²) in [6.45, 7) is 0.428. The zero-order valence-corrected chi connectivity index (χ0v) is 8.64. The van der Waals surface area contributed by atoms with Crippen molar-refractivity contribution in [2.24, 2.45) is 0 Å². The third-order valence-corrected chi connectivity index (χ3v) is 2.93. The first-order valence-corrected chi connectivity index (χ1v) is 5.59. The fourth-order valence-electron chi connectivity index (χ4n) is 1.40. The molecule has 14 heavy (non-hydrogen) atoms. The van der Waals surface area contributed by atoms with Crippen molar-refractivity contribution in [3.8, 4) is 0 Å². The van der Waals surface area contributed by atoms with Gasteiger partial charge in [0.2, 0.25) is 0 Å². The Hall–Kier alpha value is -1.16. The quantitative estimate of drug-likeness (QED) is 0.759. The summed E-state index contributed by atoms with van der Waals surface area (Å²) in [6, 6.07) is 8.14. The molecule has 3 nitrogen and oxygen atoms in total. The molecule has 1 aromatic carbocycles. The lowest BCUT2D eigenvalue weighted by molar-refractivity contribution is 0.177. The van der Waals surface area contributed by atoms with Crippen LogP contribution in [0.25, 0.3) is 0 Å². The smallest absolute Gasteiger partial charge is 0.407 e. The predicted molar refractivity (Wildman–Crippen MR) is 55.4 cm³/mol. The number of carbonyl (C=O) groups excluding carboxylic acids is 1. The van der Waals surface area contributed by atoms with E-state index in [4.69, 9.17) is 4.74 Å². The van der Waals surface area contributed by atoms with Crippen molar-refractivity contribution < 1.29 is 9.53 Å². The van der Waals surface area contributed by atoms with Crippen molar-refractivity contribution in [3.05, 3.63) is 29.8 Å². The van der Waals surface area contributed by atoms with Gasteiger partial charge in [-0.1, -0.05) is 12.1 Å². The normalized spacial score (nSPS) is 20.4. The summed E-state index contributed by atoms with van der Waals surface area (Å²) in [6.07, 6.45) is 1.71. The number of nitrogens with one attached hydrogen (secondary N) is 1. The van der Waals surface area contributed by atoms with E-state index in [1.165, 1.54) is 4.90 Å². The van der Waals surface area contributed by atoms with Crippen LogP contribution in [0, 0.1) is 0 Å². The zero-order valence-electron chi connectivity index (χ0n) is 7.82. The Morgan fingerprint density at radius 2 is 2.14 bits per heavy atom. The monoisotopic (exact) mass is 209 g/mol. The van der Waals surface area contributed by atoms with Gasteiger partial charge in [0, 0.05) is 4.90 Å². The average Bonchev–Trinajstić information content (AvgIpc) is 2.65. The van der Waals surface area contributed by atoms with E-state index < -0.39 is 0 Å². The maximum absolute atomic E-state index is 10.8. The lowest BCUT2D eigenvalue weighted by Gasteiger charge is -2.07. The summed E-state index contributed by atoms with van der Waals surface area (Å²) in [7, 11) is 0. The highest BCUT2D eigenvalue weighted by Gasteiger charge is 2.23. The zero-order chi connectivity index (χ0) is 9.97. The fourth-order valence-corrected chi connectivity index (χ4v) is 1.81. The molecule has 0 spiro atoms.